The Morgan fingerprint density at radius 3 is 2.69 bits per heavy atom. The van der Waals surface area contributed by atoms with E-state index in [-0.39, 0.29) is 5.41 Å². The third-order valence-corrected chi connectivity index (χ3v) is 2.03. The Labute approximate surface area is 77.6 Å². The normalized spacial score (nSPS) is 12.2. The van der Waals surface area contributed by atoms with Gasteiger partial charge >= 0.3 is 0 Å². The lowest BCUT2D eigenvalue weighted by Gasteiger charge is -2.13. The number of furan rings is 1. The van der Waals surface area contributed by atoms with Crippen LogP contribution in [0, 0.1) is 0 Å². The van der Waals surface area contributed by atoms with Crippen LogP contribution >= 0.6 is 0 Å². The van der Waals surface area contributed by atoms with E-state index >= 15 is 0 Å². The lowest BCUT2D eigenvalue weighted by Crippen LogP contribution is -2.08. The number of hydrogen-bond acceptors (Lipinski definition) is 2. The third-order valence-electron chi connectivity index (χ3n) is 2.03. The van der Waals surface area contributed by atoms with E-state index in [1.807, 2.05) is 12.1 Å². The molecule has 2 aromatic rings. The first kappa shape index (κ1) is 8.30. The molecular weight excluding hydrogens is 162 g/mol. The van der Waals surface area contributed by atoms with Gasteiger partial charge in [0.25, 0.3) is 0 Å². The van der Waals surface area contributed by atoms with Crippen LogP contribution < -0.4 is 0 Å². The first-order valence-corrected chi connectivity index (χ1v) is 4.42. The zero-order valence-corrected chi connectivity index (χ0v) is 8.16. The lowest BCUT2D eigenvalue weighted by molar-refractivity contribution is 0.426. The highest BCUT2D eigenvalue weighted by Crippen LogP contribution is 2.27. The van der Waals surface area contributed by atoms with Gasteiger partial charge in [0.1, 0.15) is 5.76 Å². The average Bonchev–Trinajstić information content (AvgIpc) is 2.45. The number of fused-ring (bicyclic) bond motifs is 1. The van der Waals surface area contributed by atoms with Crippen LogP contribution in [-0.4, -0.2) is 4.98 Å². The minimum Gasteiger partial charge on any atom is -0.442 e. The van der Waals surface area contributed by atoms with E-state index < -0.39 is 0 Å². The van der Waals surface area contributed by atoms with Crippen LogP contribution in [0.1, 0.15) is 26.5 Å². The summed E-state index contributed by atoms with van der Waals surface area (Å²) in [5.41, 5.74) is 0.785. The van der Waals surface area contributed by atoms with Crippen molar-refractivity contribution >= 4 is 11.1 Å². The molecular formula is C11H13NO. The van der Waals surface area contributed by atoms with E-state index in [0.717, 1.165) is 16.9 Å². The van der Waals surface area contributed by atoms with E-state index in [2.05, 4.69) is 31.8 Å². The van der Waals surface area contributed by atoms with E-state index in [0.29, 0.717) is 0 Å². The van der Waals surface area contributed by atoms with Gasteiger partial charge in [-0.2, -0.15) is 0 Å². The molecule has 0 aromatic carbocycles. The zero-order chi connectivity index (χ0) is 9.47. The molecule has 0 saturated carbocycles. The van der Waals surface area contributed by atoms with Gasteiger partial charge in [-0.1, -0.05) is 20.8 Å². The van der Waals surface area contributed by atoms with E-state index in [4.69, 9.17) is 4.42 Å². The maximum Gasteiger partial charge on any atom is 0.226 e. The Morgan fingerprint density at radius 2 is 2.08 bits per heavy atom. The number of rotatable bonds is 0. The summed E-state index contributed by atoms with van der Waals surface area (Å²) in [6, 6.07) is 5.99. The molecule has 2 rings (SSSR count). The number of pyridine rings is 1. The van der Waals surface area contributed by atoms with Gasteiger partial charge in [0.2, 0.25) is 5.71 Å². The minimum absolute atomic E-state index is 0.0562. The topological polar surface area (TPSA) is 26.0 Å². The Hall–Kier alpha value is -1.31. The van der Waals surface area contributed by atoms with Crippen molar-refractivity contribution in [2.75, 3.05) is 0 Å². The fraction of sp³-hybridized carbons (Fsp3) is 0.364. The van der Waals surface area contributed by atoms with Crippen LogP contribution in [0.4, 0.5) is 0 Å². The fourth-order valence-electron chi connectivity index (χ4n) is 1.24. The third kappa shape index (κ3) is 1.44. The van der Waals surface area contributed by atoms with Gasteiger partial charge in [-0.05, 0) is 18.2 Å². The van der Waals surface area contributed by atoms with Gasteiger partial charge in [0, 0.05) is 17.0 Å². The minimum atomic E-state index is 0.0562. The van der Waals surface area contributed by atoms with Crippen molar-refractivity contribution in [3.63, 3.8) is 0 Å². The second-order valence-corrected chi connectivity index (χ2v) is 4.26. The van der Waals surface area contributed by atoms with E-state index in [9.17, 15) is 0 Å². The summed E-state index contributed by atoms with van der Waals surface area (Å²) in [6.45, 7) is 6.39. The molecule has 2 nitrogen and oxygen atoms in total. The van der Waals surface area contributed by atoms with Gasteiger partial charge in [-0.15, -0.1) is 0 Å². The first-order chi connectivity index (χ1) is 6.07. The van der Waals surface area contributed by atoms with Crippen molar-refractivity contribution in [1.29, 1.82) is 0 Å². The summed E-state index contributed by atoms with van der Waals surface area (Å²) in [6.07, 6.45) is 1.75. The number of nitrogens with zero attached hydrogens (tertiary/aromatic N) is 1. The van der Waals surface area contributed by atoms with Crippen LogP contribution in [0.25, 0.3) is 11.1 Å². The average molecular weight is 175 g/mol. The summed E-state index contributed by atoms with van der Waals surface area (Å²) in [4.78, 5) is 4.15. The molecule has 0 aliphatic heterocycles. The maximum atomic E-state index is 5.62. The SMILES string of the molecule is CC(C)(C)c1cc2cccnc2o1. The Bertz CT molecular complexity index is 390. The van der Waals surface area contributed by atoms with Gasteiger partial charge in [0.05, 0.1) is 0 Å². The maximum absolute atomic E-state index is 5.62. The number of aromatic nitrogens is 1. The standard InChI is InChI=1S/C11H13NO/c1-11(2,3)9-7-8-5-4-6-12-10(8)13-9/h4-7H,1-3H3. The highest BCUT2D eigenvalue weighted by atomic mass is 16.3. The second-order valence-electron chi connectivity index (χ2n) is 4.26. The van der Waals surface area contributed by atoms with E-state index in [1.165, 1.54) is 0 Å². The molecule has 13 heavy (non-hydrogen) atoms. The van der Waals surface area contributed by atoms with Crippen molar-refractivity contribution in [3.05, 3.63) is 30.2 Å². The summed E-state index contributed by atoms with van der Waals surface area (Å²) < 4.78 is 5.62. The fourth-order valence-corrected chi connectivity index (χ4v) is 1.24. The van der Waals surface area contributed by atoms with Gasteiger partial charge in [-0.25, -0.2) is 4.98 Å². The van der Waals surface area contributed by atoms with Crippen LogP contribution in [0.2, 0.25) is 0 Å². The molecule has 2 heteroatoms. The number of hydrogen-bond donors (Lipinski definition) is 0. The van der Waals surface area contributed by atoms with Gasteiger partial charge in [0.15, 0.2) is 0 Å². The highest BCUT2D eigenvalue weighted by molar-refractivity contribution is 5.73. The predicted octanol–water partition coefficient (Wildman–Crippen LogP) is 3.13. The quantitative estimate of drug-likeness (QED) is 0.614. The van der Waals surface area contributed by atoms with Crippen LogP contribution in [-0.2, 0) is 5.41 Å². The molecule has 0 saturated heterocycles. The molecule has 0 aliphatic carbocycles. The lowest BCUT2D eigenvalue weighted by atomic mass is 9.93. The van der Waals surface area contributed by atoms with Crippen molar-refractivity contribution in [2.45, 2.75) is 26.2 Å². The molecule has 68 valence electrons. The molecule has 0 unspecified atom stereocenters. The van der Waals surface area contributed by atoms with Gasteiger partial charge in [-0.3, -0.25) is 0 Å². The molecule has 0 aliphatic rings. The van der Waals surface area contributed by atoms with Gasteiger partial charge < -0.3 is 4.42 Å². The Morgan fingerprint density at radius 1 is 1.31 bits per heavy atom. The summed E-state index contributed by atoms with van der Waals surface area (Å²) in [7, 11) is 0. The van der Waals surface area contributed by atoms with Crippen molar-refractivity contribution in [2.24, 2.45) is 0 Å². The van der Waals surface area contributed by atoms with Crippen molar-refractivity contribution in [3.8, 4) is 0 Å². The smallest absolute Gasteiger partial charge is 0.226 e. The molecule has 2 aromatic heterocycles. The molecule has 0 atom stereocenters. The van der Waals surface area contributed by atoms with Crippen LogP contribution in [0.15, 0.2) is 28.8 Å². The monoisotopic (exact) mass is 175 g/mol. The molecule has 0 radical (unpaired) electrons. The molecule has 0 N–H and O–H groups in total. The first-order valence-electron chi connectivity index (χ1n) is 4.42. The predicted molar refractivity (Wildman–Crippen MR) is 52.7 cm³/mol. The molecule has 0 spiro atoms. The Kier molecular flexibility index (Phi) is 1.65. The Balaban J connectivity index is 2.63. The van der Waals surface area contributed by atoms with Crippen LogP contribution in [0.5, 0.6) is 0 Å². The molecule has 2 heterocycles. The van der Waals surface area contributed by atoms with Crippen LogP contribution in [0.3, 0.4) is 0 Å². The highest BCUT2D eigenvalue weighted by Gasteiger charge is 2.18. The summed E-state index contributed by atoms with van der Waals surface area (Å²) in [5, 5.41) is 1.08. The van der Waals surface area contributed by atoms with Crippen molar-refractivity contribution < 1.29 is 4.42 Å². The molecule has 0 bridgehead atoms. The molecule has 0 fully saturated rings. The zero-order valence-electron chi connectivity index (χ0n) is 8.16. The molecule has 0 amide bonds. The largest absolute Gasteiger partial charge is 0.442 e. The summed E-state index contributed by atoms with van der Waals surface area (Å²) in [5.74, 6) is 0.987. The summed E-state index contributed by atoms with van der Waals surface area (Å²) >= 11 is 0. The van der Waals surface area contributed by atoms with E-state index in [1.54, 1.807) is 6.20 Å². The second kappa shape index (κ2) is 2.59. The van der Waals surface area contributed by atoms with Crippen molar-refractivity contribution in [1.82, 2.24) is 4.98 Å².